The predicted octanol–water partition coefficient (Wildman–Crippen LogP) is 3.63. The smallest absolute Gasteiger partial charge is 0.326 e. The van der Waals surface area contributed by atoms with Gasteiger partial charge in [-0.25, -0.2) is 23.8 Å². The molecule has 2 aliphatic carbocycles. The number of nitrogen functional groups attached to an aromatic ring is 1. The van der Waals surface area contributed by atoms with E-state index in [-0.39, 0.29) is 34.5 Å². The number of nitrogens with two attached hydrogens (primary N) is 1. The average Bonchev–Trinajstić information content (AvgIpc) is 3.68. The third kappa shape index (κ3) is 3.43. The number of amides is 2. The van der Waals surface area contributed by atoms with Crippen LogP contribution in [0.2, 0.25) is 0 Å². The molecule has 0 bridgehead atoms. The minimum absolute atomic E-state index is 0.0108. The largest absolute Gasteiger partial charge is 0.383 e. The molecule has 0 radical (unpaired) electrons. The van der Waals surface area contributed by atoms with E-state index in [1.54, 1.807) is 10.7 Å². The zero-order valence-corrected chi connectivity index (χ0v) is 17.7. The maximum atomic E-state index is 14.9. The highest BCUT2D eigenvalue weighted by Gasteiger charge is 2.42. The van der Waals surface area contributed by atoms with Gasteiger partial charge in [-0.3, -0.25) is 10.3 Å². The standard InChI is InChI=1S/C21H20FN9O2/c1-21(4-5-21)14-7-15(33-30-14)28-20(32)27-13-8-24-12(6-11(13)22)17-16-18(23)25-9-26-19(16)31(29-17)10-2-3-10/h6-10H,2-5H2,1H3,(H2,23,25,26)(H2,27,28,32). The molecule has 0 aliphatic heterocycles. The lowest BCUT2D eigenvalue weighted by atomic mass is 10.1. The minimum atomic E-state index is -0.677. The van der Waals surface area contributed by atoms with Crippen molar-refractivity contribution in [2.75, 3.05) is 16.4 Å². The van der Waals surface area contributed by atoms with Crippen LogP contribution in [0.5, 0.6) is 0 Å². The summed E-state index contributed by atoms with van der Waals surface area (Å²) in [6.07, 6.45) is 6.64. The number of nitrogens with zero attached hydrogens (tertiary/aromatic N) is 6. The lowest BCUT2D eigenvalue weighted by molar-refractivity contribution is 0.261. The van der Waals surface area contributed by atoms with E-state index in [0.717, 1.165) is 31.4 Å². The van der Waals surface area contributed by atoms with Crippen LogP contribution in [0.25, 0.3) is 22.4 Å². The molecule has 4 aromatic rings. The molecule has 0 spiro atoms. The molecule has 2 amide bonds. The van der Waals surface area contributed by atoms with Crippen molar-refractivity contribution in [2.24, 2.45) is 0 Å². The summed E-state index contributed by atoms with van der Waals surface area (Å²) in [5.74, 6) is -0.242. The van der Waals surface area contributed by atoms with Crippen LogP contribution < -0.4 is 16.4 Å². The lowest BCUT2D eigenvalue weighted by Crippen LogP contribution is -2.20. The summed E-state index contributed by atoms with van der Waals surface area (Å²) < 4.78 is 21.8. The fourth-order valence-electron chi connectivity index (χ4n) is 3.73. The highest BCUT2D eigenvalue weighted by atomic mass is 19.1. The van der Waals surface area contributed by atoms with Gasteiger partial charge in [-0.15, -0.1) is 0 Å². The van der Waals surface area contributed by atoms with Crippen molar-refractivity contribution in [3.8, 4) is 11.4 Å². The lowest BCUT2D eigenvalue weighted by Gasteiger charge is -2.07. The van der Waals surface area contributed by atoms with Gasteiger partial charge in [0.2, 0.25) is 5.88 Å². The number of halogens is 1. The first-order chi connectivity index (χ1) is 15.9. The molecule has 33 heavy (non-hydrogen) atoms. The Bertz CT molecular complexity index is 1400. The molecular weight excluding hydrogens is 429 g/mol. The van der Waals surface area contributed by atoms with Gasteiger partial charge < -0.3 is 15.6 Å². The molecule has 0 unspecified atom stereocenters. The number of carbonyl (C=O) groups is 1. The van der Waals surface area contributed by atoms with Crippen LogP contribution in [0, 0.1) is 5.82 Å². The molecule has 2 saturated carbocycles. The summed E-state index contributed by atoms with van der Waals surface area (Å²) in [5, 5.41) is 14.1. The predicted molar refractivity (Wildman–Crippen MR) is 117 cm³/mol. The summed E-state index contributed by atoms with van der Waals surface area (Å²) in [7, 11) is 0. The molecule has 2 fully saturated rings. The van der Waals surface area contributed by atoms with E-state index in [9.17, 15) is 9.18 Å². The van der Waals surface area contributed by atoms with Gasteiger partial charge in [0.05, 0.1) is 34.7 Å². The Balaban J connectivity index is 1.24. The zero-order chi connectivity index (χ0) is 22.7. The maximum Gasteiger partial charge on any atom is 0.326 e. The van der Waals surface area contributed by atoms with Gasteiger partial charge in [0.1, 0.15) is 17.8 Å². The van der Waals surface area contributed by atoms with Crippen LogP contribution in [0.15, 0.2) is 29.2 Å². The molecule has 4 heterocycles. The van der Waals surface area contributed by atoms with E-state index in [4.69, 9.17) is 10.3 Å². The Morgan fingerprint density at radius 1 is 1.24 bits per heavy atom. The maximum absolute atomic E-state index is 14.9. The van der Waals surface area contributed by atoms with E-state index in [2.05, 4.69) is 42.8 Å². The molecule has 6 rings (SSSR count). The van der Waals surface area contributed by atoms with Crippen LogP contribution >= 0.6 is 0 Å². The molecule has 0 atom stereocenters. The number of urea groups is 1. The fourth-order valence-corrected chi connectivity index (χ4v) is 3.73. The molecule has 4 N–H and O–H groups in total. The van der Waals surface area contributed by atoms with Gasteiger partial charge in [0.15, 0.2) is 11.5 Å². The number of fused-ring (bicyclic) bond motifs is 1. The first kappa shape index (κ1) is 19.6. The van der Waals surface area contributed by atoms with Crippen molar-refractivity contribution in [1.29, 1.82) is 0 Å². The molecule has 168 valence electrons. The SMILES string of the molecule is CC1(c2cc(NC(=O)Nc3cnc(-c4nn(C5CC5)c5ncnc(N)c45)cc3F)on2)CC1. The van der Waals surface area contributed by atoms with Gasteiger partial charge in [-0.05, 0) is 25.7 Å². The van der Waals surface area contributed by atoms with Gasteiger partial charge in [0.25, 0.3) is 0 Å². The van der Waals surface area contributed by atoms with E-state index >= 15 is 0 Å². The second-order valence-electron chi connectivity index (χ2n) is 8.75. The first-order valence-electron chi connectivity index (χ1n) is 10.6. The number of carbonyl (C=O) groups excluding carboxylic acids is 1. The zero-order valence-electron chi connectivity index (χ0n) is 17.7. The Morgan fingerprint density at radius 3 is 2.79 bits per heavy atom. The highest BCUT2D eigenvalue weighted by Crippen LogP contribution is 2.47. The minimum Gasteiger partial charge on any atom is -0.383 e. The summed E-state index contributed by atoms with van der Waals surface area (Å²) in [5.41, 5.74) is 8.02. The third-order valence-electron chi connectivity index (χ3n) is 6.12. The number of anilines is 3. The summed E-state index contributed by atoms with van der Waals surface area (Å²) in [6.45, 7) is 2.08. The monoisotopic (exact) mass is 449 g/mol. The summed E-state index contributed by atoms with van der Waals surface area (Å²) in [4.78, 5) is 24.9. The van der Waals surface area contributed by atoms with Crippen molar-refractivity contribution in [2.45, 2.75) is 44.1 Å². The van der Waals surface area contributed by atoms with Gasteiger partial charge in [-0.1, -0.05) is 12.1 Å². The first-order valence-corrected chi connectivity index (χ1v) is 10.6. The summed E-state index contributed by atoms with van der Waals surface area (Å²) >= 11 is 0. The van der Waals surface area contributed by atoms with Gasteiger partial charge in [-0.2, -0.15) is 5.10 Å². The van der Waals surface area contributed by atoms with Crippen molar-refractivity contribution in [3.05, 3.63) is 36.2 Å². The van der Waals surface area contributed by atoms with E-state index in [1.807, 2.05) is 0 Å². The highest BCUT2D eigenvalue weighted by molar-refractivity contribution is 6.00. The molecule has 0 saturated heterocycles. The molecule has 2 aliphatic rings. The Kier molecular flexibility index (Phi) is 4.13. The molecule has 11 nitrogen and oxygen atoms in total. The van der Waals surface area contributed by atoms with E-state index in [1.165, 1.54) is 18.6 Å². The van der Waals surface area contributed by atoms with Crippen molar-refractivity contribution in [1.82, 2.24) is 29.9 Å². The number of nitrogens with one attached hydrogen (secondary N) is 2. The number of rotatable bonds is 5. The second kappa shape index (κ2) is 6.95. The number of pyridine rings is 1. The summed E-state index contributed by atoms with van der Waals surface area (Å²) in [6, 6.07) is 2.44. The number of aromatic nitrogens is 6. The van der Waals surface area contributed by atoms with Crippen molar-refractivity contribution in [3.63, 3.8) is 0 Å². The molecule has 0 aromatic carbocycles. The molecule has 12 heteroatoms. The molecule has 4 aromatic heterocycles. The van der Waals surface area contributed by atoms with Crippen LogP contribution in [0.1, 0.15) is 44.3 Å². The Labute approximate surface area is 186 Å². The third-order valence-corrected chi connectivity index (χ3v) is 6.12. The van der Waals surface area contributed by atoms with Crippen LogP contribution in [-0.2, 0) is 5.41 Å². The molecular formula is C21H20FN9O2. The average molecular weight is 449 g/mol. The van der Waals surface area contributed by atoms with E-state index < -0.39 is 11.8 Å². The number of hydrogen-bond donors (Lipinski definition) is 3. The van der Waals surface area contributed by atoms with Gasteiger partial charge >= 0.3 is 6.03 Å². The van der Waals surface area contributed by atoms with Crippen LogP contribution in [0.4, 0.5) is 26.6 Å². The number of hydrogen-bond acceptors (Lipinski definition) is 8. The van der Waals surface area contributed by atoms with Gasteiger partial charge in [0, 0.05) is 17.5 Å². The van der Waals surface area contributed by atoms with Crippen molar-refractivity contribution < 1.29 is 13.7 Å². The second-order valence-corrected chi connectivity index (χ2v) is 8.75. The topological polar surface area (TPSA) is 150 Å². The van der Waals surface area contributed by atoms with Crippen LogP contribution in [0.3, 0.4) is 0 Å². The normalized spacial score (nSPS) is 16.7. The quantitative estimate of drug-likeness (QED) is 0.418. The fraction of sp³-hybridized carbons (Fsp3) is 0.333. The van der Waals surface area contributed by atoms with Crippen molar-refractivity contribution >= 4 is 34.5 Å². The Morgan fingerprint density at radius 2 is 2.06 bits per heavy atom. The Hall–Kier alpha value is -4.09. The van der Waals surface area contributed by atoms with Crippen LogP contribution in [-0.4, -0.2) is 35.9 Å². The van der Waals surface area contributed by atoms with E-state index in [0.29, 0.717) is 16.7 Å².